The molecule has 0 amide bonds. The normalized spacial score (nSPS) is 17.8. The number of hydrogen-bond donors (Lipinski definition) is 4. The number of nitrogens with zero attached hydrogens (tertiary/aromatic N) is 1. The molecule has 0 spiro atoms. The van der Waals surface area contributed by atoms with Gasteiger partial charge in [-0.3, -0.25) is 4.72 Å². The molecule has 148 valence electrons. The number of anilines is 3. The summed E-state index contributed by atoms with van der Waals surface area (Å²) in [6.45, 7) is 0. The second kappa shape index (κ2) is 6.54. The molecule has 28 heavy (non-hydrogen) atoms. The molecule has 9 nitrogen and oxygen atoms in total. The Labute approximate surface area is 166 Å². The van der Waals surface area contributed by atoms with Crippen LogP contribution in [0.3, 0.4) is 0 Å². The van der Waals surface area contributed by atoms with E-state index >= 15 is 0 Å². The van der Waals surface area contributed by atoms with E-state index in [2.05, 4.69) is 19.8 Å². The van der Waals surface area contributed by atoms with E-state index in [1.54, 1.807) is 24.3 Å². The van der Waals surface area contributed by atoms with Gasteiger partial charge in [-0.1, -0.05) is 11.6 Å². The number of nitrogens with one attached hydrogen (secondary N) is 3. The van der Waals surface area contributed by atoms with E-state index in [1.165, 1.54) is 12.1 Å². The first-order chi connectivity index (χ1) is 13.1. The van der Waals surface area contributed by atoms with Crippen molar-refractivity contribution in [2.75, 3.05) is 15.4 Å². The first-order valence-corrected chi connectivity index (χ1v) is 11.5. The molecule has 1 heterocycles. The van der Waals surface area contributed by atoms with E-state index in [0.717, 1.165) is 0 Å². The molecule has 2 aliphatic rings. The molecule has 0 saturated heterocycles. The van der Waals surface area contributed by atoms with Gasteiger partial charge < -0.3 is 15.7 Å². The second-order valence-corrected chi connectivity index (χ2v) is 10.4. The Morgan fingerprint density at radius 2 is 1.79 bits per heavy atom. The van der Waals surface area contributed by atoms with E-state index in [0.29, 0.717) is 24.2 Å². The minimum atomic E-state index is -4.06. The molecule has 1 aliphatic heterocycles. The Balaban J connectivity index is 1.54. The number of halogens is 1. The fourth-order valence-corrected chi connectivity index (χ4v) is 5.43. The summed E-state index contributed by atoms with van der Waals surface area (Å²) >= 11 is 5.79. The number of fused-ring (bicyclic) bond motifs is 1. The number of hydrogen-bond acceptors (Lipinski definition) is 7. The minimum absolute atomic E-state index is 0.0317. The van der Waals surface area contributed by atoms with Gasteiger partial charge in [0.1, 0.15) is 16.3 Å². The standard InChI is InChI=1S/C16H15ClN4O5S2/c17-9-7-13(22)15-14(8-9)28(25,26)21-16(19-15)18-10-1-3-11(4-2-10)20-27(23,24)12-5-6-12/h1-4,7-8,12,20,22H,5-6H2,(H2,18,19,21). The lowest BCUT2D eigenvalue weighted by atomic mass is 10.3. The predicted octanol–water partition coefficient (Wildman–Crippen LogP) is 2.53. The number of sulfonamides is 2. The van der Waals surface area contributed by atoms with Crippen LogP contribution in [0.1, 0.15) is 12.8 Å². The van der Waals surface area contributed by atoms with Crippen molar-refractivity contribution < 1.29 is 21.9 Å². The molecular weight excluding hydrogens is 428 g/mol. The summed E-state index contributed by atoms with van der Waals surface area (Å²) in [6.07, 6.45) is 1.32. The summed E-state index contributed by atoms with van der Waals surface area (Å²) in [7, 11) is -7.43. The van der Waals surface area contributed by atoms with Crippen molar-refractivity contribution in [2.45, 2.75) is 23.0 Å². The van der Waals surface area contributed by atoms with Crippen LogP contribution in [-0.2, 0) is 20.0 Å². The molecule has 0 bridgehead atoms. The van der Waals surface area contributed by atoms with E-state index in [1.807, 2.05) is 0 Å². The van der Waals surface area contributed by atoms with Gasteiger partial charge in [0.05, 0.1) is 5.25 Å². The number of phenols is 1. The number of phenolic OH excluding ortho intramolecular Hbond substituents is 1. The first-order valence-electron chi connectivity index (χ1n) is 8.17. The van der Waals surface area contributed by atoms with E-state index in [4.69, 9.17) is 11.6 Å². The van der Waals surface area contributed by atoms with Crippen molar-refractivity contribution in [3.63, 3.8) is 0 Å². The Morgan fingerprint density at radius 1 is 1.14 bits per heavy atom. The van der Waals surface area contributed by atoms with E-state index in [9.17, 15) is 21.9 Å². The Hall–Kier alpha value is -2.50. The van der Waals surface area contributed by atoms with Crippen LogP contribution in [0.2, 0.25) is 5.02 Å². The van der Waals surface area contributed by atoms with Crippen LogP contribution in [0.25, 0.3) is 0 Å². The van der Waals surface area contributed by atoms with Crippen molar-refractivity contribution >= 4 is 54.7 Å². The van der Waals surface area contributed by atoms with Gasteiger partial charge in [0.25, 0.3) is 10.0 Å². The third kappa shape index (κ3) is 3.73. The fraction of sp³-hybridized carbons (Fsp3) is 0.188. The van der Waals surface area contributed by atoms with Crippen molar-refractivity contribution in [1.82, 2.24) is 0 Å². The zero-order valence-electron chi connectivity index (χ0n) is 14.2. The van der Waals surface area contributed by atoms with E-state index in [-0.39, 0.29) is 32.6 Å². The van der Waals surface area contributed by atoms with Gasteiger partial charge in [-0.05, 0) is 43.2 Å². The summed E-state index contributed by atoms with van der Waals surface area (Å²) < 4.78 is 54.7. The highest BCUT2D eigenvalue weighted by Gasteiger charge is 2.35. The van der Waals surface area contributed by atoms with Crippen LogP contribution in [0, 0.1) is 0 Å². The Bertz CT molecular complexity index is 1190. The van der Waals surface area contributed by atoms with Crippen molar-refractivity contribution in [2.24, 2.45) is 4.40 Å². The third-order valence-electron chi connectivity index (χ3n) is 4.15. The highest BCUT2D eigenvalue weighted by Crippen LogP contribution is 2.37. The molecular formula is C16H15ClN4O5S2. The summed E-state index contributed by atoms with van der Waals surface area (Å²) in [4.78, 5) is -0.229. The average Bonchev–Trinajstić information content (AvgIpc) is 3.43. The maximum absolute atomic E-state index is 12.3. The lowest BCUT2D eigenvalue weighted by molar-refractivity contribution is 0.476. The Morgan fingerprint density at radius 3 is 2.43 bits per heavy atom. The molecule has 1 fully saturated rings. The van der Waals surface area contributed by atoms with Gasteiger partial charge in [-0.15, -0.1) is 4.40 Å². The lowest BCUT2D eigenvalue weighted by Gasteiger charge is -2.20. The largest absolute Gasteiger partial charge is 0.506 e. The maximum Gasteiger partial charge on any atom is 0.287 e. The van der Waals surface area contributed by atoms with Crippen LogP contribution >= 0.6 is 11.6 Å². The van der Waals surface area contributed by atoms with Crippen LogP contribution in [0.15, 0.2) is 45.7 Å². The maximum atomic E-state index is 12.3. The smallest absolute Gasteiger partial charge is 0.287 e. The molecule has 4 rings (SSSR count). The van der Waals surface area contributed by atoms with Crippen LogP contribution in [0.5, 0.6) is 5.75 Å². The second-order valence-electron chi connectivity index (χ2n) is 6.39. The summed E-state index contributed by atoms with van der Waals surface area (Å²) in [6, 6.07) is 8.64. The summed E-state index contributed by atoms with van der Waals surface area (Å²) in [5.41, 5.74) is 0.838. The molecule has 2 aromatic rings. The van der Waals surface area contributed by atoms with Crippen LogP contribution < -0.4 is 15.4 Å². The predicted molar refractivity (Wildman–Crippen MR) is 107 cm³/mol. The summed E-state index contributed by atoms with van der Waals surface area (Å²) in [5.74, 6) is -0.443. The third-order valence-corrected chi connectivity index (χ3v) is 7.54. The van der Waals surface area contributed by atoms with Gasteiger partial charge >= 0.3 is 0 Å². The average molecular weight is 443 g/mol. The molecule has 1 saturated carbocycles. The van der Waals surface area contributed by atoms with Gasteiger partial charge in [0.15, 0.2) is 0 Å². The highest BCUT2D eigenvalue weighted by atomic mass is 35.5. The topological polar surface area (TPSA) is 137 Å². The molecule has 0 radical (unpaired) electrons. The zero-order chi connectivity index (χ0) is 20.1. The zero-order valence-corrected chi connectivity index (χ0v) is 16.6. The number of rotatable bonds is 4. The SMILES string of the molecule is O=S1(=O)N=C(Nc2ccc(NS(=O)(=O)C3CC3)cc2)Nc2c(O)cc(Cl)cc21. The molecule has 2 aromatic carbocycles. The quantitative estimate of drug-likeness (QED) is 0.534. The van der Waals surface area contributed by atoms with Gasteiger partial charge in [0, 0.05) is 22.5 Å². The number of guanidine groups is 1. The van der Waals surface area contributed by atoms with Gasteiger partial charge in [-0.25, -0.2) is 8.42 Å². The number of aromatic hydroxyl groups is 1. The van der Waals surface area contributed by atoms with Crippen molar-refractivity contribution in [3.05, 3.63) is 41.4 Å². The van der Waals surface area contributed by atoms with Crippen LogP contribution in [-0.4, -0.2) is 33.2 Å². The highest BCUT2D eigenvalue weighted by molar-refractivity contribution is 7.93. The monoisotopic (exact) mass is 442 g/mol. The van der Waals surface area contributed by atoms with Crippen molar-refractivity contribution in [3.8, 4) is 5.75 Å². The molecule has 0 atom stereocenters. The summed E-state index contributed by atoms with van der Waals surface area (Å²) in [5, 5.41) is 15.2. The van der Waals surface area contributed by atoms with Gasteiger partial charge in [0.2, 0.25) is 16.0 Å². The fourth-order valence-electron chi connectivity index (χ4n) is 2.65. The van der Waals surface area contributed by atoms with Gasteiger partial charge in [-0.2, -0.15) is 8.42 Å². The molecule has 12 heteroatoms. The van der Waals surface area contributed by atoms with E-state index < -0.39 is 20.0 Å². The Kier molecular flexibility index (Phi) is 4.40. The first kappa shape index (κ1) is 18.8. The van der Waals surface area contributed by atoms with Crippen LogP contribution in [0.4, 0.5) is 17.1 Å². The molecule has 0 aromatic heterocycles. The molecule has 1 aliphatic carbocycles. The number of benzene rings is 2. The molecule has 0 unspecified atom stereocenters. The molecule has 4 N–H and O–H groups in total. The van der Waals surface area contributed by atoms with Crippen molar-refractivity contribution in [1.29, 1.82) is 0 Å². The lowest BCUT2D eigenvalue weighted by Crippen LogP contribution is -2.28. The minimum Gasteiger partial charge on any atom is -0.506 e.